The zero-order chi connectivity index (χ0) is 7.40. The summed E-state index contributed by atoms with van der Waals surface area (Å²) in [5, 5.41) is 0. The number of nitrogens with zero attached hydrogens (tertiary/aromatic N) is 1. The summed E-state index contributed by atoms with van der Waals surface area (Å²) in [6.07, 6.45) is 6.37. The van der Waals surface area contributed by atoms with Crippen LogP contribution in [-0.4, -0.2) is 11.6 Å². The van der Waals surface area contributed by atoms with Crippen molar-refractivity contribution < 1.29 is 9.15 Å². The van der Waals surface area contributed by atoms with Gasteiger partial charge in [0, 0.05) is 6.92 Å². The molecule has 0 bridgehead atoms. The SMILES string of the molecule is C#CCOc1coc(C)n1. The molecular formula is C7H7NO2. The van der Waals surface area contributed by atoms with Crippen LogP contribution in [-0.2, 0) is 0 Å². The Labute approximate surface area is 59.0 Å². The van der Waals surface area contributed by atoms with Gasteiger partial charge in [-0.05, 0) is 0 Å². The highest BCUT2D eigenvalue weighted by atomic mass is 16.5. The first-order valence-electron chi connectivity index (χ1n) is 2.81. The summed E-state index contributed by atoms with van der Waals surface area (Å²) in [4.78, 5) is 3.86. The quantitative estimate of drug-likeness (QED) is 0.570. The highest BCUT2D eigenvalue weighted by Gasteiger charge is 1.96. The molecule has 52 valence electrons. The van der Waals surface area contributed by atoms with Gasteiger partial charge in [-0.3, -0.25) is 0 Å². The summed E-state index contributed by atoms with van der Waals surface area (Å²) >= 11 is 0. The molecule has 1 aromatic heterocycles. The van der Waals surface area contributed by atoms with E-state index in [2.05, 4.69) is 10.9 Å². The summed E-state index contributed by atoms with van der Waals surface area (Å²) in [7, 11) is 0. The zero-order valence-electron chi connectivity index (χ0n) is 5.63. The monoisotopic (exact) mass is 137 g/mol. The summed E-state index contributed by atoms with van der Waals surface area (Å²) in [6, 6.07) is 0. The first kappa shape index (κ1) is 6.69. The lowest BCUT2D eigenvalue weighted by molar-refractivity contribution is 0.354. The van der Waals surface area contributed by atoms with E-state index in [0.29, 0.717) is 11.8 Å². The summed E-state index contributed by atoms with van der Waals surface area (Å²) in [6.45, 7) is 1.97. The summed E-state index contributed by atoms with van der Waals surface area (Å²) in [5.41, 5.74) is 0. The Balaban J connectivity index is 2.52. The molecule has 0 unspecified atom stereocenters. The van der Waals surface area contributed by atoms with Crippen molar-refractivity contribution in [2.24, 2.45) is 0 Å². The Hall–Kier alpha value is -1.43. The average molecular weight is 137 g/mol. The lowest BCUT2D eigenvalue weighted by atomic mass is 10.7. The van der Waals surface area contributed by atoms with Crippen LogP contribution in [0.2, 0.25) is 0 Å². The van der Waals surface area contributed by atoms with Gasteiger partial charge in [-0.15, -0.1) is 6.42 Å². The van der Waals surface area contributed by atoms with Crippen LogP contribution in [0.25, 0.3) is 0 Å². The van der Waals surface area contributed by atoms with Crippen molar-refractivity contribution in [2.45, 2.75) is 6.92 Å². The zero-order valence-corrected chi connectivity index (χ0v) is 5.63. The molecule has 0 aliphatic heterocycles. The van der Waals surface area contributed by atoms with Crippen molar-refractivity contribution >= 4 is 0 Å². The molecule has 0 spiro atoms. The van der Waals surface area contributed by atoms with Gasteiger partial charge in [0.2, 0.25) is 0 Å². The molecule has 1 aromatic rings. The van der Waals surface area contributed by atoms with Crippen LogP contribution < -0.4 is 4.74 Å². The molecule has 1 heterocycles. The molecule has 0 aliphatic carbocycles. The molecule has 0 aromatic carbocycles. The van der Waals surface area contributed by atoms with Crippen molar-refractivity contribution in [2.75, 3.05) is 6.61 Å². The largest absolute Gasteiger partial charge is 0.462 e. The van der Waals surface area contributed by atoms with E-state index in [-0.39, 0.29) is 6.61 Å². The van der Waals surface area contributed by atoms with Gasteiger partial charge in [-0.25, -0.2) is 0 Å². The molecule has 0 fully saturated rings. The fraction of sp³-hybridized carbons (Fsp3) is 0.286. The van der Waals surface area contributed by atoms with E-state index in [1.807, 2.05) is 0 Å². The van der Waals surface area contributed by atoms with Crippen LogP contribution in [0.5, 0.6) is 5.88 Å². The molecular weight excluding hydrogens is 130 g/mol. The maximum Gasteiger partial charge on any atom is 0.253 e. The van der Waals surface area contributed by atoms with Crippen LogP contribution in [0.1, 0.15) is 5.89 Å². The van der Waals surface area contributed by atoms with E-state index >= 15 is 0 Å². The minimum atomic E-state index is 0.228. The molecule has 0 N–H and O–H groups in total. The molecule has 0 radical (unpaired) electrons. The highest BCUT2D eigenvalue weighted by molar-refractivity contribution is 5.03. The number of hydrogen-bond donors (Lipinski definition) is 0. The first-order valence-corrected chi connectivity index (χ1v) is 2.81. The number of ether oxygens (including phenoxy) is 1. The fourth-order valence-corrected chi connectivity index (χ4v) is 0.525. The van der Waals surface area contributed by atoms with Gasteiger partial charge in [-0.2, -0.15) is 4.98 Å². The Morgan fingerprint density at radius 2 is 2.70 bits per heavy atom. The van der Waals surface area contributed by atoms with E-state index < -0.39 is 0 Å². The number of rotatable bonds is 2. The number of aryl methyl sites for hydroxylation is 1. The molecule has 0 atom stereocenters. The van der Waals surface area contributed by atoms with Gasteiger partial charge < -0.3 is 9.15 Å². The number of aromatic nitrogens is 1. The van der Waals surface area contributed by atoms with Crippen LogP contribution in [0.3, 0.4) is 0 Å². The van der Waals surface area contributed by atoms with Crippen molar-refractivity contribution in [1.29, 1.82) is 0 Å². The van der Waals surface area contributed by atoms with E-state index in [9.17, 15) is 0 Å². The van der Waals surface area contributed by atoms with Crippen molar-refractivity contribution in [3.63, 3.8) is 0 Å². The normalized spacial score (nSPS) is 8.80. The molecule has 10 heavy (non-hydrogen) atoms. The van der Waals surface area contributed by atoms with Crippen LogP contribution >= 0.6 is 0 Å². The van der Waals surface area contributed by atoms with Gasteiger partial charge >= 0.3 is 0 Å². The fourth-order valence-electron chi connectivity index (χ4n) is 0.525. The van der Waals surface area contributed by atoms with Gasteiger partial charge in [0.1, 0.15) is 0 Å². The third kappa shape index (κ3) is 1.52. The van der Waals surface area contributed by atoms with Crippen LogP contribution in [0.4, 0.5) is 0 Å². The van der Waals surface area contributed by atoms with Crippen molar-refractivity contribution in [3.05, 3.63) is 12.2 Å². The second-order valence-electron chi connectivity index (χ2n) is 1.70. The minimum Gasteiger partial charge on any atom is -0.462 e. The summed E-state index contributed by atoms with van der Waals surface area (Å²) in [5.74, 6) is 3.34. The topological polar surface area (TPSA) is 35.3 Å². The predicted octanol–water partition coefficient (Wildman–Crippen LogP) is 0.995. The van der Waals surface area contributed by atoms with Gasteiger partial charge in [-0.1, -0.05) is 5.92 Å². The van der Waals surface area contributed by atoms with Crippen molar-refractivity contribution in [1.82, 2.24) is 4.98 Å². The lowest BCUT2D eigenvalue weighted by Crippen LogP contribution is -1.92. The Morgan fingerprint density at radius 3 is 3.20 bits per heavy atom. The van der Waals surface area contributed by atoms with Crippen LogP contribution in [0, 0.1) is 19.3 Å². The molecule has 3 nitrogen and oxygen atoms in total. The average Bonchev–Trinajstić information content (AvgIpc) is 2.31. The molecule has 1 rings (SSSR count). The maximum atomic E-state index is 4.95. The van der Waals surface area contributed by atoms with Gasteiger partial charge in [0.25, 0.3) is 5.88 Å². The van der Waals surface area contributed by atoms with E-state index in [1.165, 1.54) is 6.26 Å². The standard InChI is InChI=1S/C7H7NO2/c1-3-4-9-7-5-10-6(2)8-7/h1,5H,4H2,2H3. The van der Waals surface area contributed by atoms with E-state index in [1.54, 1.807) is 6.92 Å². The molecule has 0 aliphatic rings. The Morgan fingerprint density at radius 1 is 1.90 bits per heavy atom. The number of oxazole rings is 1. The number of terminal acetylenes is 1. The Kier molecular flexibility index (Phi) is 1.96. The lowest BCUT2D eigenvalue weighted by Gasteiger charge is -1.91. The van der Waals surface area contributed by atoms with Gasteiger partial charge in [0.05, 0.1) is 0 Å². The smallest absolute Gasteiger partial charge is 0.253 e. The summed E-state index contributed by atoms with van der Waals surface area (Å²) < 4.78 is 9.79. The van der Waals surface area contributed by atoms with Crippen molar-refractivity contribution in [3.8, 4) is 18.2 Å². The molecule has 3 heteroatoms. The second kappa shape index (κ2) is 2.92. The molecule has 0 amide bonds. The van der Waals surface area contributed by atoms with E-state index in [4.69, 9.17) is 15.6 Å². The molecule has 0 saturated carbocycles. The predicted molar refractivity (Wildman–Crippen MR) is 35.6 cm³/mol. The maximum absolute atomic E-state index is 4.95. The third-order valence-electron chi connectivity index (χ3n) is 0.901. The third-order valence-corrected chi connectivity index (χ3v) is 0.901. The van der Waals surface area contributed by atoms with Crippen LogP contribution in [0.15, 0.2) is 10.7 Å². The Bertz CT molecular complexity index is 246. The second-order valence-corrected chi connectivity index (χ2v) is 1.70. The van der Waals surface area contributed by atoms with E-state index in [0.717, 1.165) is 0 Å². The molecule has 0 saturated heterocycles. The first-order chi connectivity index (χ1) is 4.83. The number of hydrogen-bond acceptors (Lipinski definition) is 3. The minimum absolute atomic E-state index is 0.228. The highest BCUT2D eigenvalue weighted by Crippen LogP contribution is 2.07. The van der Waals surface area contributed by atoms with Gasteiger partial charge in [0.15, 0.2) is 18.8 Å².